The summed E-state index contributed by atoms with van der Waals surface area (Å²) >= 11 is 0. The summed E-state index contributed by atoms with van der Waals surface area (Å²) in [6.07, 6.45) is 0.451. The number of aryl methyl sites for hydroxylation is 1. The van der Waals surface area contributed by atoms with Crippen molar-refractivity contribution in [3.63, 3.8) is 0 Å². The van der Waals surface area contributed by atoms with Gasteiger partial charge in [-0.25, -0.2) is 9.59 Å². The van der Waals surface area contributed by atoms with Crippen LogP contribution < -0.4 is 25.4 Å². The quantitative estimate of drug-likeness (QED) is 0.486. The molecule has 0 saturated carbocycles. The number of methoxy groups -OCH3 is 1. The highest BCUT2D eigenvalue weighted by Gasteiger charge is 2.33. The maximum absolute atomic E-state index is 12.7. The number of hydrogen-bond donors (Lipinski definition) is 3. The molecule has 1 aliphatic rings. The SMILES string of the molecule is CCOC(=O)C1=C(CC)NC(=O)NC1c1ccc(OCC(=O)Nc2ccc(C)cc2)c(OC)c1. The first-order valence-corrected chi connectivity index (χ1v) is 11.0. The molecule has 2 aromatic carbocycles. The molecule has 2 aromatic rings. The van der Waals surface area contributed by atoms with E-state index in [1.807, 2.05) is 38.1 Å². The molecule has 0 radical (unpaired) electrons. The van der Waals surface area contributed by atoms with E-state index in [1.54, 1.807) is 25.1 Å². The van der Waals surface area contributed by atoms with Crippen LogP contribution in [0.4, 0.5) is 10.5 Å². The lowest BCUT2D eigenvalue weighted by atomic mass is 9.94. The maximum Gasteiger partial charge on any atom is 0.338 e. The Kier molecular flexibility index (Phi) is 8.13. The minimum atomic E-state index is -0.726. The van der Waals surface area contributed by atoms with Crippen molar-refractivity contribution in [2.75, 3.05) is 25.6 Å². The summed E-state index contributed by atoms with van der Waals surface area (Å²) in [5.41, 5.74) is 3.21. The number of anilines is 1. The zero-order valence-electron chi connectivity index (χ0n) is 19.7. The Balaban J connectivity index is 1.79. The second-order valence-corrected chi connectivity index (χ2v) is 7.61. The number of allylic oxidation sites excluding steroid dienone is 1. The molecular weight excluding hydrogens is 438 g/mol. The molecule has 180 valence electrons. The first-order chi connectivity index (χ1) is 16.4. The van der Waals surface area contributed by atoms with Gasteiger partial charge in [-0.2, -0.15) is 0 Å². The van der Waals surface area contributed by atoms with Crippen molar-refractivity contribution in [3.8, 4) is 11.5 Å². The van der Waals surface area contributed by atoms with Gasteiger partial charge in [0.1, 0.15) is 0 Å². The number of rotatable bonds is 9. The third kappa shape index (κ3) is 5.86. The van der Waals surface area contributed by atoms with Gasteiger partial charge < -0.3 is 30.2 Å². The van der Waals surface area contributed by atoms with E-state index in [0.717, 1.165) is 5.56 Å². The first kappa shape index (κ1) is 24.6. The van der Waals surface area contributed by atoms with Crippen molar-refractivity contribution in [1.29, 1.82) is 0 Å². The molecule has 3 rings (SSSR count). The van der Waals surface area contributed by atoms with Crippen LogP contribution in [0.15, 0.2) is 53.7 Å². The van der Waals surface area contributed by atoms with Crippen LogP contribution in [-0.4, -0.2) is 38.2 Å². The number of nitrogens with one attached hydrogen (secondary N) is 3. The monoisotopic (exact) mass is 467 g/mol. The number of amides is 3. The number of ether oxygens (including phenoxy) is 3. The van der Waals surface area contributed by atoms with Crippen molar-refractivity contribution in [1.82, 2.24) is 10.6 Å². The van der Waals surface area contributed by atoms with Crippen LogP contribution in [0.5, 0.6) is 11.5 Å². The average molecular weight is 468 g/mol. The first-order valence-electron chi connectivity index (χ1n) is 11.0. The molecule has 0 spiro atoms. The van der Waals surface area contributed by atoms with Gasteiger partial charge in [0, 0.05) is 11.4 Å². The lowest BCUT2D eigenvalue weighted by Gasteiger charge is -2.29. The minimum absolute atomic E-state index is 0.209. The highest BCUT2D eigenvalue weighted by Crippen LogP contribution is 2.35. The van der Waals surface area contributed by atoms with E-state index in [9.17, 15) is 14.4 Å². The van der Waals surface area contributed by atoms with Crippen LogP contribution in [0.25, 0.3) is 0 Å². The third-order valence-corrected chi connectivity index (χ3v) is 5.22. The Bertz CT molecular complexity index is 1090. The second kappa shape index (κ2) is 11.2. The summed E-state index contributed by atoms with van der Waals surface area (Å²) in [6.45, 7) is 5.52. The molecule has 1 heterocycles. The molecule has 0 aliphatic carbocycles. The average Bonchev–Trinajstić information content (AvgIpc) is 2.83. The Labute approximate surface area is 198 Å². The lowest BCUT2D eigenvalue weighted by molar-refractivity contribution is -0.139. The molecule has 9 nitrogen and oxygen atoms in total. The number of carbonyl (C=O) groups excluding carboxylic acids is 3. The topological polar surface area (TPSA) is 115 Å². The van der Waals surface area contributed by atoms with Crippen LogP contribution in [-0.2, 0) is 14.3 Å². The fraction of sp³-hybridized carbons (Fsp3) is 0.320. The van der Waals surface area contributed by atoms with Crippen LogP contribution in [0.1, 0.15) is 37.4 Å². The van der Waals surface area contributed by atoms with Gasteiger partial charge in [0.2, 0.25) is 0 Å². The van der Waals surface area contributed by atoms with Gasteiger partial charge in [0.05, 0.1) is 25.3 Å². The molecular formula is C25H29N3O6. The molecule has 34 heavy (non-hydrogen) atoms. The van der Waals surface area contributed by atoms with Gasteiger partial charge in [-0.15, -0.1) is 0 Å². The van der Waals surface area contributed by atoms with Crippen molar-refractivity contribution in [2.45, 2.75) is 33.2 Å². The van der Waals surface area contributed by atoms with Gasteiger partial charge in [-0.1, -0.05) is 30.7 Å². The number of benzene rings is 2. The largest absolute Gasteiger partial charge is 0.493 e. The van der Waals surface area contributed by atoms with E-state index in [2.05, 4.69) is 16.0 Å². The van der Waals surface area contributed by atoms with Crippen LogP contribution in [0.3, 0.4) is 0 Å². The fourth-order valence-corrected chi connectivity index (χ4v) is 3.56. The van der Waals surface area contributed by atoms with Crippen LogP contribution in [0, 0.1) is 6.92 Å². The highest BCUT2D eigenvalue weighted by molar-refractivity contribution is 5.95. The van der Waals surface area contributed by atoms with Crippen LogP contribution in [0.2, 0.25) is 0 Å². The normalized spacial score (nSPS) is 15.2. The van der Waals surface area contributed by atoms with Crippen molar-refractivity contribution in [2.24, 2.45) is 0 Å². The molecule has 0 aromatic heterocycles. The molecule has 1 unspecified atom stereocenters. The summed E-state index contributed by atoms with van der Waals surface area (Å²) in [7, 11) is 1.47. The predicted molar refractivity (Wildman–Crippen MR) is 127 cm³/mol. The molecule has 1 atom stereocenters. The van der Waals surface area contributed by atoms with E-state index in [-0.39, 0.29) is 19.1 Å². The summed E-state index contributed by atoms with van der Waals surface area (Å²) in [4.78, 5) is 37.1. The van der Waals surface area contributed by atoms with E-state index in [4.69, 9.17) is 14.2 Å². The van der Waals surface area contributed by atoms with E-state index >= 15 is 0 Å². The molecule has 0 bridgehead atoms. The third-order valence-electron chi connectivity index (χ3n) is 5.22. The van der Waals surface area contributed by atoms with E-state index in [1.165, 1.54) is 7.11 Å². The summed E-state index contributed by atoms with van der Waals surface area (Å²) in [5, 5.41) is 8.22. The molecule has 0 fully saturated rings. The molecule has 3 amide bonds. The molecule has 1 aliphatic heterocycles. The number of carbonyl (C=O) groups is 3. The van der Waals surface area contributed by atoms with Gasteiger partial charge in [-0.05, 0) is 50.1 Å². The summed E-state index contributed by atoms with van der Waals surface area (Å²) < 4.78 is 16.3. The highest BCUT2D eigenvalue weighted by atomic mass is 16.5. The van der Waals surface area contributed by atoms with Gasteiger partial charge in [0.25, 0.3) is 5.91 Å². The zero-order valence-corrected chi connectivity index (χ0v) is 19.7. The Morgan fingerprint density at radius 2 is 1.79 bits per heavy atom. The molecule has 0 saturated heterocycles. The van der Waals surface area contributed by atoms with E-state index in [0.29, 0.717) is 40.4 Å². The second-order valence-electron chi connectivity index (χ2n) is 7.61. The predicted octanol–water partition coefficient (Wildman–Crippen LogP) is 3.60. The summed E-state index contributed by atoms with van der Waals surface area (Å²) in [6, 6.07) is 11.3. The Hall–Kier alpha value is -4.01. The Morgan fingerprint density at radius 3 is 2.44 bits per heavy atom. The van der Waals surface area contributed by atoms with Crippen LogP contribution >= 0.6 is 0 Å². The smallest absolute Gasteiger partial charge is 0.338 e. The molecule has 3 N–H and O–H groups in total. The van der Waals surface area contributed by atoms with Gasteiger partial charge in [0.15, 0.2) is 18.1 Å². The zero-order chi connectivity index (χ0) is 24.7. The Morgan fingerprint density at radius 1 is 1.06 bits per heavy atom. The number of esters is 1. The standard InChI is InChI=1S/C25H29N3O6/c1-5-18-22(24(30)33-6-2)23(28-25(31)27-18)16-9-12-19(20(13-16)32-4)34-14-21(29)26-17-10-7-15(3)8-11-17/h7-13,23H,5-6,14H2,1-4H3,(H,26,29)(H2,27,28,31). The number of hydrogen-bond acceptors (Lipinski definition) is 6. The number of urea groups is 1. The summed E-state index contributed by atoms with van der Waals surface area (Å²) in [5.74, 6) is -0.123. The minimum Gasteiger partial charge on any atom is -0.493 e. The van der Waals surface area contributed by atoms with Gasteiger partial charge >= 0.3 is 12.0 Å². The fourth-order valence-electron chi connectivity index (χ4n) is 3.56. The van der Waals surface area contributed by atoms with Crippen molar-refractivity contribution < 1.29 is 28.6 Å². The van der Waals surface area contributed by atoms with Crippen molar-refractivity contribution >= 4 is 23.6 Å². The van der Waals surface area contributed by atoms with E-state index < -0.39 is 18.0 Å². The van der Waals surface area contributed by atoms with Gasteiger partial charge in [-0.3, -0.25) is 4.79 Å². The lowest BCUT2D eigenvalue weighted by Crippen LogP contribution is -2.45. The maximum atomic E-state index is 12.7. The molecule has 9 heteroatoms. The van der Waals surface area contributed by atoms with Crippen molar-refractivity contribution in [3.05, 3.63) is 64.9 Å².